The molecule has 0 saturated carbocycles. The second-order valence-electron chi connectivity index (χ2n) is 6.06. The van der Waals surface area contributed by atoms with E-state index in [-0.39, 0.29) is 5.91 Å². The molecule has 7 heteroatoms. The minimum Gasteiger partial charge on any atom is -0.383 e. The van der Waals surface area contributed by atoms with E-state index < -0.39 is 0 Å². The topological polar surface area (TPSA) is 70.2 Å². The number of carbonyl (C=O) groups is 1. The molecular weight excluding hydrogens is 336 g/mol. The summed E-state index contributed by atoms with van der Waals surface area (Å²) in [7, 11) is 1.68. The van der Waals surface area contributed by atoms with Crippen molar-refractivity contribution in [2.75, 3.05) is 32.1 Å². The van der Waals surface area contributed by atoms with Crippen molar-refractivity contribution >= 4 is 33.3 Å². The third kappa shape index (κ3) is 3.25. The first-order valence-corrected chi connectivity index (χ1v) is 9.14. The number of aromatic nitrogens is 2. The highest BCUT2D eigenvalue weighted by Crippen LogP contribution is 2.29. The number of hydrogen-bond acceptors (Lipinski definition) is 5. The average molecular weight is 356 g/mol. The number of benzene rings is 1. The average Bonchev–Trinajstić information content (AvgIpc) is 3.24. The number of anilines is 1. The van der Waals surface area contributed by atoms with Gasteiger partial charge in [0.15, 0.2) is 5.13 Å². The molecule has 1 aliphatic heterocycles. The number of aromatic amines is 1. The van der Waals surface area contributed by atoms with Gasteiger partial charge in [0.2, 0.25) is 0 Å². The van der Waals surface area contributed by atoms with Crippen LogP contribution in [0.4, 0.5) is 5.13 Å². The molecule has 0 fully saturated rings. The van der Waals surface area contributed by atoms with Crippen LogP contribution in [0, 0.1) is 0 Å². The number of rotatable bonds is 5. The molecule has 1 amide bonds. The zero-order chi connectivity index (χ0) is 17.2. The van der Waals surface area contributed by atoms with Crippen molar-refractivity contribution in [3.63, 3.8) is 0 Å². The highest BCUT2D eigenvalue weighted by atomic mass is 32.1. The van der Waals surface area contributed by atoms with Crippen LogP contribution in [0.5, 0.6) is 0 Å². The third-order valence-electron chi connectivity index (χ3n) is 4.36. The lowest BCUT2D eigenvalue weighted by atomic mass is 10.1. The smallest absolute Gasteiger partial charge is 0.270 e. The van der Waals surface area contributed by atoms with E-state index in [0.29, 0.717) is 25.4 Å². The SMILES string of the molecule is COCCNc1nc2c(s1)CN(C(=O)c1cc3ccccc3[nH]1)CC2. The number of para-hydroxylation sites is 1. The molecule has 0 saturated heterocycles. The van der Waals surface area contributed by atoms with Gasteiger partial charge in [-0.3, -0.25) is 4.79 Å². The summed E-state index contributed by atoms with van der Waals surface area (Å²) in [6.45, 7) is 2.70. The van der Waals surface area contributed by atoms with Crippen molar-refractivity contribution in [1.82, 2.24) is 14.9 Å². The number of H-pyrrole nitrogens is 1. The molecule has 0 spiro atoms. The first-order chi connectivity index (χ1) is 12.2. The first kappa shape index (κ1) is 16.1. The second-order valence-corrected chi connectivity index (χ2v) is 7.14. The maximum absolute atomic E-state index is 12.8. The number of amides is 1. The molecule has 3 heterocycles. The zero-order valence-electron chi connectivity index (χ0n) is 14.0. The van der Waals surface area contributed by atoms with Gasteiger partial charge in [-0.1, -0.05) is 29.5 Å². The molecule has 130 valence electrons. The lowest BCUT2D eigenvalue weighted by Gasteiger charge is -2.25. The van der Waals surface area contributed by atoms with Gasteiger partial charge in [0, 0.05) is 42.4 Å². The van der Waals surface area contributed by atoms with E-state index in [1.165, 1.54) is 0 Å². The van der Waals surface area contributed by atoms with E-state index in [4.69, 9.17) is 4.74 Å². The lowest BCUT2D eigenvalue weighted by Crippen LogP contribution is -2.35. The monoisotopic (exact) mass is 356 g/mol. The molecule has 0 unspecified atom stereocenters. The fourth-order valence-corrected chi connectivity index (χ4v) is 4.11. The Hall–Kier alpha value is -2.38. The van der Waals surface area contributed by atoms with Crippen LogP contribution in [0.25, 0.3) is 10.9 Å². The number of carbonyl (C=O) groups excluding carboxylic acids is 1. The molecule has 2 N–H and O–H groups in total. The Morgan fingerprint density at radius 3 is 3.16 bits per heavy atom. The van der Waals surface area contributed by atoms with Gasteiger partial charge in [0.1, 0.15) is 5.69 Å². The van der Waals surface area contributed by atoms with Gasteiger partial charge in [-0.2, -0.15) is 0 Å². The number of fused-ring (bicyclic) bond motifs is 2. The molecule has 2 aromatic heterocycles. The molecule has 0 atom stereocenters. The summed E-state index contributed by atoms with van der Waals surface area (Å²) in [6.07, 6.45) is 0.795. The lowest BCUT2D eigenvalue weighted by molar-refractivity contribution is 0.0731. The van der Waals surface area contributed by atoms with Gasteiger partial charge in [-0.15, -0.1) is 0 Å². The number of ether oxygens (including phenoxy) is 1. The summed E-state index contributed by atoms with van der Waals surface area (Å²) >= 11 is 1.63. The second kappa shape index (κ2) is 6.85. The molecule has 25 heavy (non-hydrogen) atoms. The molecule has 1 aliphatic rings. The van der Waals surface area contributed by atoms with Gasteiger partial charge in [0.05, 0.1) is 18.8 Å². The van der Waals surface area contributed by atoms with Gasteiger partial charge >= 0.3 is 0 Å². The van der Waals surface area contributed by atoms with Crippen LogP contribution in [0.15, 0.2) is 30.3 Å². The van der Waals surface area contributed by atoms with Crippen molar-refractivity contribution in [1.29, 1.82) is 0 Å². The standard InChI is InChI=1S/C18H20N4O2S/c1-24-9-7-19-18-21-14-6-8-22(11-16(14)25-18)17(23)15-10-12-4-2-3-5-13(12)20-15/h2-5,10,20H,6-9,11H2,1H3,(H,19,21). The van der Waals surface area contributed by atoms with E-state index in [0.717, 1.165) is 39.6 Å². The van der Waals surface area contributed by atoms with E-state index in [9.17, 15) is 4.79 Å². The minimum absolute atomic E-state index is 0.0455. The Morgan fingerprint density at radius 2 is 2.32 bits per heavy atom. The van der Waals surface area contributed by atoms with Crippen LogP contribution < -0.4 is 5.32 Å². The number of thiazole rings is 1. The number of nitrogens with zero attached hydrogens (tertiary/aromatic N) is 2. The van der Waals surface area contributed by atoms with Crippen LogP contribution in [-0.4, -0.2) is 47.6 Å². The van der Waals surface area contributed by atoms with Crippen molar-refractivity contribution in [3.8, 4) is 0 Å². The third-order valence-corrected chi connectivity index (χ3v) is 5.40. The molecule has 0 aliphatic carbocycles. The first-order valence-electron chi connectivity index (χ1n) is 8.33. The van der Waals surface area contributed by atoms with Crippen LogP contribution >= 0.6 is 11.3 Å². The fraction of sp³-hybridized carbons (Fsp3) is 0.333. The summed E-state index contributed by atoms with van der Waals surface area (Å²) in [5, 5.41) is 5.23. The number of hydrogen-bond donors (Lipinski definition) is 2. The van der Waals surface area contributed by atoms with Gasteiger partial charge in [-0.25, -0.2) is 4.98 Å². The van der Waals surface area contributed by atoms with Crippen molar-refractivity contribution in [2.24, 2.45) is 0 Å². The molecule has 6 nitrogen and oxygen atoms in total. The maximum Gasteiger partial charge on any atom is 0.270 e. The highest BCUT2D eigenvalue weighted by molar-refractivity contribution is 7.15. The Bertz CT molecular complexity index is 869. The van der Waals surface area contributed by atoms with Gasteiger partial charge in [0.25, 0.3) is 5.91 Å². The molecular formula is C18H20N4O2S. The van der Waals surface area contributed by atoms with Crippen molar-refractivity contribution < 1.29 is 9.53 Å². The van der Waals surface area contributed by atoms with Crippen LogP contribution in [0.3, 0.4) is 0 Å². The summed E-state index contributed by atoms with van der Waals surface area (Å²) in [5.41, 5.74) is 2.74. The Balaban J connectivity index is 1.48. The van der Waals surface area contributed by atoms with Crippen molar-refractivity contribution in [2.45, 2.75) is 13.0 Å². The van der Waals surface area contributed by atoms with Crippen molar-refractivity contribution in [3.05, 3.63) is 46.6 Å². The molecule has 3 aromatic rings. The predicted octanol–water partition coefficient (Wildman–Crippen LogP) is 2.88. The normalized spacial score (nSPS) is 13.9. The van der Waals surface area contributed by atoms with E-state index in [1.54, 1.807) is 18.4 Å². The van der Waals surface area contributed by atoms with Gasteiger partial charge < -0.3 is 19.9 Å². The van der Waals surface area contributed by atoms with Gasteiger partial charge in [-0.05, 0) is 12.1 Å². The Morgan fingerprint density at radius 1 is 1.44 bits per heavy atom. The Kier molecular flexibility index (Phi) is 4.42. The van der Waals surface area contributed by atoms with E-state index in [2.05, 4.69) is 15.3 Å². The van der Waals surface area contributed by atoms with Crippen LogP contribution in [0.1, 0.15) is 21.1 Å². The summed E-state index contributed by atoms with van der Waals surface area (Å²) < 4.78 is 5.05. The molecule has 0 radical (unpaired) electrons. The number of nitrogens with one attached hydrogen (secondary N) is 2. The van der Waals surface area contributed by atoms with Crippen LogP contribution in [-0.2, 0) is 17.7 Å². The molecule has 4 rings (SSSR count). The largest absolute Gasteiger partial charge is 0.383 e. The quantitative estimate of drug-likeness (QED) is 0.690. The summed E-state index contributed by atoms with van der Waals surface area (Å²) in [5.74, 6) is 0.0455. The molecule has 0 bridgehead atoms. The summed E-state index contributed by atoms with van der Waals surface area (Å²) in [4.78, 5) is 23.8. The number of methoxy groups -OCH3 is 1. The Labute approximate surface area is 149 Å². The highest BCUT2D eigenvalue weighted by Gasteiger charge is 2.25. The summed E-state index contributed by atoms with van der Waals surface area (Å²) in [6, 6.07) is 9.87. The van der Waals surface area contributed by atoms with E-state index >= 15 is 0 Å². The minimum atomic E-state index is 0.0455. The fourth-order valence-electron chi connectivity index (χ4n) is 3.06. The maximum atomic E-state index is 12.8. The van der Waals surface area contributed by atoms with Crippen LogP contribution in [0.2, 0.25) is 0 Å². The van der Waals surface area contributed by atoms with E-state index in [1.807, 2.05) is 35.2 Å². The predicted molar refractivity (Wildman–Crippen MR) is 99.2 cm³/mol. The molecule has 1 aromatic carbocycles. The zero-order valence-corrected chi connectivity index (χ0v) is 14.9.